The molecular formula is C6H8N2O2S. The Hall–Kier alpha value is -0.970. The van der Waals surface area contributed by atoms with Gasteiger partial charge in [-0.3, -0.25) is 0 Å². The van der Waals surface area contributed by atoms with E-state index in [9.17, 15) is 4.79 Å². The van der Waals surface area contributed by atoms with E-state index in [0.29, 0.717) is 5.82 Å². The zero-order valence-electron chi connectivity index (χ0n) is 6.24. The van der Waals surface area contributed by atoms with Gasteiger partial charge >= 0.3 is 5.97 Å². The third-order valence-corrected chi connectivity index (χ3v) is 1.86. The number of nitrogens with zero attached hydrogens (tertiary/aromatic N) is 2. The van der Waals surface area contributed by atoms with Crippen molar-refractivity contribution in [2.45, 2.75) is 19.8 Å². The molecule has 0 saturated heterocycles. The fourth-order valence-corrected chi connectivity index (χ4v) is 1.20. The second-order valence-electron chi connectivity index (χ2n) is 2.42. The van der Waals surface area contributed by atoms with Gasteiger partial charge in [0.1, 0.15) is 5.82 Å². The second-order valence-corrected chi connectivity index (χ2v) is 3.17. The molecule has 60 valence electrons. The lowest BCUT2D eigenvalue weighted by Crippen LogP contribution is -1.96. The van der Waals surface area contributed by atoms with Gasteiger partial charge in [0.05, 0.1) is 0 Å². The molecule has 4 nitrogen and oxygen atoms in total. The summed E-state index contributed by atoms with van der Waals surface area (Å²) in [7, 11) is 0. The van der Waals surface area contributed by atoms with Gasteiger partial charge in [0.15, 0.2) is 0 Å². The maximum absolute atomic E-state index is 10.3. The van der Waals surface area contributed by atoms with Gasteiger partial charge in [-0.05, 0) is 11.5 Å². The molecule has 0 atom stereocenters. The largest absolute Gasteiger partial charge is 0.476 e. The van der Waals surface area contributed by atoms with Crippen molar-refractivity contribution in [2.75, 3.05) is 0 Å². The van der Waals surface area contributed by atoms with Crippen LogP contribution < -0.4 is 0 Å². The predicted octanol–water partition coefficient (Wildman–Crippen LogP) is 1.36. The van der Waals surface area contributed by atoms with Crippen LogP contribution in [0.2, 0.25) is 0 Å². The zero-order chi connectivity index (χ0) is 8.43. The number of aromatic nitrogens is 2. The van der Waals surface area contributed by atoms with Crippen LogP contribution in [-0.2, 0) is 0 Å². The molecule has 0 aliphatic rings. The average molecular weight is 172 g/mol. The fraction of sp³-hybridized carbons (Fsp3) is 0.500. The summed E-state index contributed by atoms with van der Waals surface area (Å²) in [4.78, 5) is 14.2. The molecule has 0 aliphatic carbocycles. The molecule has 0 fully saturated rings. The molecule has 0 aliphatic heterocycles. The number of rotatable bonds is 2. The van der Waals surface area contributed by atoms with E-state index in [1.54, 1.807) is 0 Å². The molecule has 1 heterocycles. The molecule has 0 aromatic carbocycles. The van der Waals surface area contributed by atoms with Crippen LogP contribution in [0.4, 0.5) is 0 Å². The van der Waals surface area contributed by atoms with Crippen LogP contribution in [0.15, 0.2) is 0 Å². The van der Waals surface area contributed by atoms with Gasteiger partial charge in [-0.25, -0.2) is 9.78 Å². The molecule has 11 heavy (non-hydrogen) atoms. The van der Waals surface area contributed by atoms with Gasteiger partial charge in [-0.1, -0.05) is 13.8 Å². The minimum atomic E-state index is -1.01. The highest BCUT2D eigenvalue weighted by Crippen LogP contribution is 2.12. The molecule has 1 rings (SSSR count). The van der Waals surface area contributed by atoms with E-state index >= 15 is 0 Å². The first-order valence-corrected chi connectivity index (χ1v) is 3.95. The lowest BCUT2D eigenvalue weighted by molar-refractivity contribution is 0.0696. The van der Waals surface area contributed by atoms with Gasteiger partial charge < -0.3 is 5.11 Å². The van der Waals surface area contributed by atoms with E-state index < -0.39 is 5.97 Å². The fourth-order valence-electron chi connectivity index (χ4n) is 0.556. The van der Waals surface area contributed by atoms with Gasteiger partial charge in [0.2, 0.25) is 5.01 Å². The third-order valence-electron chi connectivity index (χ3n) is 1.14. The Morgan fingerprint density at radius 3 is 2.55 bits per heavy atom. The van der Waals surface area contributed by atoms with E-state index in [1.807, 2.05) is 13.8 Å². The van der Waals surface area contributed by atoms with E-state index in [4.69, 9.17) is 5.11 Å². The maximum atomic E-state index is 10.3. The summed E-state index contributed by atoms with van der Waals surface area (Å²) in [6.45, 7) is 3.85. The van der Waals surface area contributed by atoms with Crippen LogP contribution >= 0.6 is 11.5 Å². The number of carbonyl (C=O) groups is 1. The first-order valence-electron chi connectivity index (χ1n) is 3.18. The van der Waals surface area contributed by atoms with Crippen LogP contribution in [0.1, 0.15) is 35.4 Å². The van der Waals surface area contributed by atoms with Crippen LogP contribution in [0.25, 0.3) is 0 Å². The van der Waals surface area contributed by atoms with Crippen LogP contribution in [0.5, 0.6) is 0 Å². The molecule has 1 aromatic rings. The molecule has 1 aromatic heterocycles. The summed E-state index contributed by atoms with van der Waals surface area (Å²) < 4.78 is 3.89. The number of hydrogen-bond acceptors (Lipinski definition) is 4. The molecule has 0 bridgehead atoms. The lowest BCUT2D eigenvalue weighted by atomic mass is 10.2. The topological polar surface area (TPSA) is 63.1 Å². The highest BCUT2D eigenvalue weighted by molar-refractivity contribution is 7.07. The van der Waals surface area contributed by atoms with Crippen molar-refractivity contribution in [2.24, 2.45) is 0 Å². The van der Waals surface area contributed by atoms with Crippen molar-refractivity contribution in [3.8, 4) is 0 Å². The summed E-state index contributed by atoms with van der Waals surface area (Å²) in [5, 5.41) is 8.55. The number of carboxylic acid groups (broad SMARTS) is 1. The summed E-state index contributed by atoms with van der Waals surface area (Å²) in [6.07, 6.45) is 0. The molecule has 0 saturated carbocycles. The quantitative estimate of drug-likeness (QED) is 0.731. The van der Waals surface area contributed by atoms with Crippen LogP contribution in [0, 0.1) is 0 Å². The summed E-state index contributed by atoms with van der Waals surface area (Å²) >= 11 is 0.925. The molecule has 5 heteroatoms. The molecular weight excluding hydrogens is 164 g/mol. The van der Waals surface area contributed by atoms with E-state index in [0.717, 1.165) is 11.5 Å². The SMILES string of the molecule is CC(C)c1nsc(C(=O)O)n1. The third kappa shape index (κ3) is 1.74. The number of carboxylic acids is 1. The van der Waals surface area contributed by atoms with E-state index in [-0.39, 0.29) is 10.9 Å². The predicted molar refractivity (Wildman–Crippen MR) is 41.0 cm³/mol. The van der Waals surface area contributed by atoms with Crippen molar-refractivity contribution in [3.05, 3.63) is 10.8 Å². The van der Waals surface area contributed by atoms with Crippen molar-refractivity contribution < 1.29 is 9.90 Å². The van der Waals surface area contributed by atoms with Gasteiger partial charge in [-0.15, -0.1) is 0 Å². The maximum Gasteiger partial charge on any atom is 0.366 e. The standard InChI is InChI=1S/C6H8N2O2S/c1-3(2)4-7-5(6(9)10)11-8-4/h3H,1-2H3,(H,9,10). The number of hydrogen-bond donors (Lipinski definition) is 1. The summed E-state index contributed by atoms with van der Waals surface area (Å²) in [5.74, 6) is -0.207. The lowest BCUT2D eigenvalue weighted by Gasteiger charge is -1.93. The van der Waals surface area contributed by atoms with Crippen LogP contribution in [0.3, 0.4) is 0 Å². The Balaban J connectivity index is 2.90. The monoisotopic (exact) mass is 172 g/mol. The van der Waals surface area contributed by atoms with E-state index in [2.05, 4.69) is 9.36 Å². The van der Waals surface area contributed by atoms with Gasteiger partial charge in [0.25, 0.3) is 0 Å². The highest BCUT2D eigenvalue weighted by atomic mass is 32.1. The Labute approximate surface area is 68.1 Å². The highest BCUT2D eigenvalue weighted by Gasteiger charge is 2.12. The molecule has 0 spiro atoms. The zero-order valence-corrected chi connectivity index (χ0v) is 7.05. The van der Waals surface area contributed by atoms with Gasteiger partial charge in [0, 0.05) is 5.92 Å². The van der Waals surface area contributed by atoms with Crippen LogP contribution in [-0.4, -0.2) is 20.4 Å². The van der Waals surface area contributed by atoms with Crippen molar-refractivity contribution in [1.82, 2.24) is 9.36 Å². The minimum Gasteiger partial charge on any atom is -0.476 e. The first-order chi connectivity index (χ1) is 5.11. The van der Waals surface area contributed by atoms with Crippen molar-refractivity contribution >= 4 is 17.5 Å². The van der Waals surface area contributed by atoms with Gasteiger partial charge in [-0.2, -0.15) is 4.37 Å². The molecule has 0 unspecified atom stereocenters. The minimum absolute atomic E-state index is 0.0636. The molecule has 0 amide bonds. The summed E-state index contributed by atoms with van der Waals surface area (Å²) in [6, 6.07) is 0. The number of aromatic carboxylic acids is 1. The summed E-state index contributed by atoms with van der Waals surface area (Å²) in [5.41, 5.74) is 0. The smallest absolute Gasteiger partial charge is 0.366 e. The van der Waals surface area contributed by atoms with E-state index in [1.165, 1.54) is 0 Å². The second kappa shape index (κ2) is 2.96. The van der Waals surface area contributed by atoms with Crippen molar-refractivity contribution in [1.29, 1.82) is 0 Å². The molecule has 1 N–H and O–H groups in total. The van der Waals surface area contributed by atoms with Crippen molar-refractivity contribution in [3.63, 3.8) is 0 Å². The normalized spacial score (nSPS) is 10.5. The Morgan fingerprint density at radius 2 is 2.27 bits per heavy atom. The Morgan fingerprint density at radius 1 is 1.64 bits per heavy atom. The first kappa shape index (κ1) is 8.13. The Kier molecular flexibility index (Phi) is 2.19. The average Bonchev–Trinajstić information content (AvgIpc) is 2.33. The Bertz CT molecular complexity index is 269. The molecule has 0 radical (unpaired) electrons.